The first kappa shape index (κ1) is 15.3. The maximum Gasteiger partial charge on any atom is 0.245 e. The van der Waals surface area contributed by atoms with Gasteiger partial charge in [0, 0.05) is 31.6 Å². The van der Waals surface area contributed by atoms with Gasteiger partial charge in [0.05, 0.1) is 0 Å². The maximum atomic E-state index is 12.4. The molecule has 0 aromatic rings. The molecule has 0 unspecified atom stereocenters. The van der Waals surface area contributed by atoms with Gasteiger partial charge in [-0.3, -0.25) is 14.4 Å². The van der Waals surface area contributed by atoms with E-state index in [1.54, 1.807) is 6.92 Å². The molecule has 22 heavy (non-hydrogen) atoms. The first-order valence-corrected chi connectivity index (χ1v) is 8.13. The monoisotopic (exact) mass is 308 g/mol. The molecular formula is C15H24N4O3. The number of rotatable bonds is 3. The number of hydrogen-bond donors (Lipinski definition) is 2. The van der Waals surface area contributed by atoms with E-state index in [2.05, 4.69) is 5.32 Å². The van der Waals surface area contributed by atoms with Crippen LogP contribution in [-0.2, 0) is 14.4 Å². The van der Waals surface area contributed by atoms with Crippen molar-refractivity contribution in [2.45, 2.75) is 63.2 Å². The predicted octanol–water partition coefficient (Wildman–Crippen LogP) is -0.796. The van der Waals surface area contributed by atoms with Gasteiger partial charge in [-0.05, 0) is 32.6 Å². The Hall–Kier alpha value is -1.63. The summed E-state index contributed by atoms with van der Waals surface area (Å²) >= 11 is 0. The molecule has 3 aliphatic heterocycles. The molecule has 3 aliphatic rings. The molecule has 0 saturated carbocycles. The minimum atomic E-state index is -0.579. The summed E-state index contributed by atoms with van der Waals surface area (Å²) in [6.45, 7) is 2.89. The highest BCUT2D eigenvalue weighted by molar-refractivity contribution is 5.93. The fourth-order valence-electron chi connectivity index (χ4n) is 3.81. The van der Waals surface area contributed by atoms with Crippen molar-refractivity contribution in [3.8, 4) is 0 Å². The van der Waals surface area contributed by atoms with E-state index < -0.39 is 12.1 Å². The third kappa shape index (κ3) is 2.69. The molecular weight excluding hydrogens is 284 g/mol. The van der Waals surface area contributed by atoms with E-state index in [0.717, 1.165) is 25.8 Å². The first-order valence-electron chi connectivity index (χ1n) is 8.13. The third-order valence-corrected chi connectivity index (χ3v) is 5.10. The Kier molecular flexibility index (Phi) is 4.08. The van der Waals surface area contributed by atoms with Crippen molar-refractivity contribution in [2.75, 3.05) is 13.1 Å². The molecule has 3 N–H and O–H groups in total. The molecule has 3 saturated heterocycles. The van der Waals surface area contributed by atoms with Crippen molar-refractivity contribution in [3.05, 3.63) is 0 Å². The van der Waals surface area contributed by atoms with Crippen LogP contribution in [0.15, 0.2) is 0 Å². The smallest absolute Gasteiger partial charge is 0.245 e. The number of fused-ring (bicyclic) bond motifs is 1. The normalized spacial score (nSPS) is 33.1. The molecule has 7 nitrogen and oxygen atoms in total. The molecule has 0 aromatic heterocycles. The van der Waals surface area contributed by atoms with Gasteiger partial charge in [0.1, 0.15) is 12.1 Å². The van der Waals surface area contributed by atoms with Crippen molar-refractivity contribution in [2.24, 2.45) is 5.73 Å². The van der Waals surface area contributed by atoms with E-state index in [1.165, 1.54) is 4.90 Å². The summed E-state index contributed by atoms with van der Waals surface area (Å²) in [4.78, 5) is 40.0. The summed E-state index contributed by atoms with van der Waals surface area (Å²) in [6, 6.07) is -0.874. The number of carbonyl (C=O) groups is 3. The summed E-state index contributed by atoms with van der Waals surface area (Å²) in [5.74, 6) is -0.332. The van der Waals surface area contributed by atoms with Crippen LogP contribution in [0.2, 0.25) is 0 Å². The standard InChI is InChI=1S/C15H24N4O3/c1-9(19-8-10(16)7-13(19)20)14(21)17-12-5-4-11-3-2-6-18(11)15(12)22/h9-12H,2-8,16H2,1H3,(H,17,21)/t9-,10+,11+,12-/m1/s1. The first-order chi connectivity index (χ1) is 10.5. The molecule has 0 radical (unpaired) electrons. The van der Waals surface area contributed by atoms with Gasteiger partial charge in [-0.2, -0.15) is 0 Å². The van der Waals surface area contributed by atoms with Gasteiger partial charge in [0.2, 0.25) is 17.7 Å². The van der Waals surface area contributed by atoms with E-state index in [9.17, 15) is 14.4 Å². The number of amides is 3. The van der Waals surface area contributed by atoms with Crippen LogP contribution in [0.25, 0.3) is 0 Å². The minimum absolute atomic E-state index is 0.0266. The predicted molar refractivity (Wildman–Crippen MR) is 79.7 cm³/mol. The van der Waals surface area contributed by atoms with Crippen molar-refractivity contribution in [3.63, 3.8) is 0 Å². The Morgan fingerprint density at radius 1 is 1.32 bits per heavy atom. The van der Waals surface area contributed by atoms with Gasteiger partial charge < -0.3 is 20.9 Å². The summed E-state index contributed by atoms with van der Waals surface area (Å²) in [5, 5.41) is 2.83. The SMILES string of the molecule is C[C@H](C(=O)N[C@@H]1CC[C@@H]2CCCN2C1=O)N1C[C@@H](N)CC1=O. The second kappa shape index (κ2) is 5.87. The van der Waals surface area contributed by atoms with Crippen LogP contribution in [0.4, 0.5) is 0 Å². The van der Waals surface area contributed by atoms with Crippen LogP contribution in [0.1, 0.15) is 39.0 Å². The zero-order valence-corrected chi connectivity index (χ0v) is 13.0. The summed E-state index contributed by atoms with van der Waals surface area (Å²) in [6.07, 6.45) is 4.04. The molecule has 4 atom stereocenters. The number of piperidine rings is 1. The lowest BCUT2D eigenvalue weighted by Gasteiger charge is -2.35. The molecule has 0 spiro atoms. The quantitative estimate of drug-likeness (QED) is 0.714. The van der Waals surface area contributed by atoms with Crippen molar-refractivity contribution >= 4 is 17.7 Å². The lowest BCUT2D eigenvalue weighted by Crippen LogP contribution is -2.57. The Balaban J connectivity index is 1.59. The number of hydrogen-bond acceptors (Lipinski definition) is 4. The molecule has 3 rings (SSSR count). The molecule has 122 valence electrons. The van der Waals surface area contributed by atoms with E-state index in [4.69, 9.17) is 5.73 Å². The van der Waals surface area contributed by atoms with Gasteiger partial charge in [-0.1, -0.05) is 0 Å². The van der Waals surface area contributed by atoms with E-state index in [-0.39, 0.29) is 30.2 Å². The third-order valence-electron chi connectivity index (χ3n) is 5.10. The summed E-state index contributed by atoms with van der Waals surface area (Å²) in [7, 11) is 0. The lowest BCUT2D eigenvalue weighted by molar-refractivity contribution is -0.142. The lowest BCUT2D eigenvalue weighted by atomic mass is 9.98. The molecule has 3 amide bonds. The maximum absolute atomic E-state index is 12.4. The molecule has 0 aromatic carbocycles. The van der Waals surface area contributed by atoms with E-state index in [1.807, 2.05) is 4.90 Å². The molecule has 3 heterocycles. The van der Waals surface area contributed by atoms with Gasteiger partial charge in [-0.15, -0.1) is 0 Å². The van der Waals surface area contributed by atoms with Gasteiger partial charge in [0.15, 0.2) is 0 Å². The van der Waals surface area contributed by atoms with Gasteiger partial charge in [-0.25, -0.2) is 0 Å². The van der Waals surface area contributed by atoms with Crippen molar-refractivity contribution in [1.29, 1.82) is 0 Å². The van der Waals surface area contributed by atoms with Crippen LogP contribution in [0.3, 0.4) is 0 Å². The average Bonchev–Trinajstić information content (AvgIpc) is 3.07. The second-order valence-corrected chi connectivity index (χ2v) is 6.65. The van der Waals surface area contributed by atoms with E-state index in [0.29, 0.717) is 19.0 Å². The van der Waals surface area contributed by atoms with Gasteiger partial charge in [0.25, 0.3) is 0 Å². The van der Waals surface area contributed by atoms with Crippen LogP contribution >= 0.6 is 0 Å². The molecule has 0 bridgehead atoms. The topological polar surface area (TPSA) is 95.7 Å². The second-order valence-electron chi connectivity index (χ2n) is 6.65. The summed E-state index contributed by atoms with van der Waals surface area (Å²) < 4.78 is 0. The number of nitrogens with zero attached hydrogens (tertiary/aromatic N) is 2. The number of likely N-dealkylation sites (tertiary alicyclic amines) is 1. The Labute approximate surface area is 130 Å². The van der Waals surface area contributed by atoms with Crippen molar-refractivity contribution in [1.82, 2.24) is 15.1 Å². The molecule has 3 fully saturated rings. The van der Waals surface area contributed by atoms with Crippen LogP contribution in [0.5, 0.6) is 0 Å². The van der Waals surface area contributed by atoms with Crippen LogP contribution in [-0.4, -0.2) is 64.8 Å². The van der Waals surface area contributed by atoms with Crippen molar-refractivity contribution < 1.29 is 14.4 Å². The molecule has 7 heteroatoms. The van der Waals surface area contributed by atoms with Gasteiger partial charge >= 0.3 is 0 Å². The zero-order chi connectivity index (χ0) is 15.9. The largest absolute Gasteiger partial charge is 0.343 e. The number of carbonyl (C=O) groups excluding carboxylic acids is 3. The van der Waals surface area contributed by atoms with Crippen LogP contribution in [0, 0.1) is 0 Å². The number of nitrogens with one attached hydrogen (secondary N) is 1. The summed E-state index contributed by atoms with van der Waals surface area (Å²) in [5.41, 5.74) is 5.76. The molecule has 0 aliphatic carbocycles. The Morgan fingerprint density at radius 3 is 2.77 bits per heavy atom. The average molecular weight is 308 g/mol. The van der Waals surface area contributed by atoms with Crippen LogP contribution < -0.4 is 11.1 Å². The Bertz CT molecular complexity index is 495. The number of nitrogens with two attached hydrogens (primary N) is 1. The highest BCUT2D eigenvalue weighted by Crippen LogP contribution is 2.27. The fraction of sp³-hybridized carbons (Fsp3) is 0.800. The highest BCUT2D eigenvalue weighted by atomic mass is 16.2. The minimum Gasteiger partial charge on any atom is -0.343 e. The highest BCUT2D eigenvalue weighted by Gasteiger charge is 2.40. The zero-order valence-electron chi connectivity index (χ0n) is 13.0. The Morgan fingerprint density at radius 2 is 2.09 bits per heavy atom. The van der Waals surface area contributed by atoms with E-state index >= 15 is 0 Å². The fourth-order valence-corrected chi connectivity index (χ4v) is 3.81.